The van der Waals surface area contributed by atoms with Crippen LogP contribution >= 0.6 is 0 Å². The van der Waals surface area contributed by atoms with Crippen molar-refractivity contribution in [3.05, 3.63) is 29.8 Å². The molecular weight excluding hydrogens is 356 g/mol. The number of rotatable bonds is 4. The molecule has 1 saturated carbocycles. The summed E-state index contributed by atoms with van der Waals surface area (Å²) in [6.07, 6.45) is 4.02. The number of carbonyl (C=O) groups is 2. The molecule has 0 spiro atoms. The average molecular weight is 386 g/mol. The fourth-order valence-corrected chi connectivity index (χ4v) is 4.13. The van der Waals surface area contributed by atoms with Crippen molar-refractivity contribution in [1.29, 1.82) is 0 Å². The minimum absolute atomic E-state index is 0.0149. The van der Waals surface area contributed by atoms with Crippen LogP contribution in [0.4, 0.5) is 0 Å². The highest BCUT2D eigenvalue weighted by Crippen LogP contribution is 2.33. The minimum atomic E-state index is -0.378. The molecule has 1 aliphatic carbocycles. The molecule has 0 unspecified atom stereocenters. The maximum absolute atomic E-state index is 13.1. The predicted molar refractivity (Wildman–Crippen MR) is 105 cm³/mol. The lowest BCUT2D eigenvalue weighted by molar-refractivity contribution is -0.136. The van der Waals surface area contributed by atoms with E-state index < -0.39 is 0 Å². The summed E-state index contributed by atoms with van der Waals surface area (Å²) in [6.45, 7) is 7.36. The third kappa shape index (κ3) is 4.17. The van der Waals surface area contributed by atoms with Crippen molar-refractivity contribution in [2.75, 3.05) is 32.8 Å². The highest BCUT2D eigenvalue weighted by molar-refractivity contribution is 5.95. The third-order valence-corrected chi connectivity index (χ3v) is 5.96. The summed E-state index contributed by atoms with van der Waals surface area (Å²) in [6, 6.07) is 7.44. The molecular formula is C22H30N2O4. The molecule has 6 heteroatoms. The zero-order valence-electron chi connectivity index (χ0n) is 16.9. The van der Waals surface area contributed by atoms with Crippen LogP contribution in [-0.4, -0.2) is 66.1 Å². The van der Waals surface area contributed by atoms with Crippen molar-refractivity contribution in [3.63, 3.8) is 0 Å². The molecule has 2 amide bonds. The third-order valence-electron chi connectivity index (χ3n) is 5.96. The first-order chi connectivity index (χ1) is 13.4. The molecule has 0 N–H and O–H groups in total. The number of piperazine rings is 1. The Morgan fingerprint density at radius 3 is 2.32 bits per heavy atom. The Hall–Kier alpha value is -2.08. The summed E-state index contributed by atoms with van der Waals surface area (Å²) in [5.74, 6) is 1.29. The molecule has 2 saturated heterocycles. The van der Waals surface area contributed by atoms with E-state index in [-0.39, 0.29) is 29.4 Å². The van der Waals surface area contributed by atoms with Crippen LogP contribution in [0.15, 0.2) is 24.3 Å². The quantitative estimate of drug-likeness (QED) is 0.798. The van der Waals surface area contributed by atoms with E-state index in [1.807, 2.05) is 47.9 Å². The highest BCUT2D eigenvalue weighted by Gasteiger charge is 2.42. The summed E-state index contributed by atoms with van der Waals surface area (Å²) in [7, 11) is 0. The summed E-state index contributed by atoms with van der Waals surface area (Å²) < 4.78 is 11.4. The average Bonchev–Trinajstić information content (AvgIpc) is 3.53. The van der Waals surface area contributed by atoms with Crippen molar-refractivity contribution in [3.8, 4) is 5.75 Å². The molecule has 0 atom stereocenters. The molecule has 0 bridgehead atoms. The maximum Gasteiger partial charge on any atom is 0.254 e. The lowest BCUT2D eigenvalue weighted by Gasteiger charge is -2.47. The van der Waals surface area contributed by atoms with Crippen LogP contribution in [0.3, 0.4) is 0 Å². The summed E-state index contributed by atoms with van der Waals surface area (Å²) in [4.78, 5) is 29.3. The van der Waals surface area contributed by atoms with Gasteiger partial charge in [0.05, 0.1) is 18.8 Å². The number of carbonyl (C=O) groups excluding carboxylic acids is 2. The fourth-order valence-electron chi connectivity index (χ4n) is 4.13. The van der Waals surface area contributed by atoms with Crippen LogP contribution in [0.25, 0.3) is 0 Å². The van der Waals surface area contributed by atoms with Gasteiger partial charge in [-0.2, -0.15) is 0 Å². The molecule has 1 aromatic carbocycles. The molecule has 2 heterocycles. The first-order valence-corrected chi connectivity index (χ1v) is 10.4. The second kappa shape index (κ2) is 7.74. The Morgan fingerprint density at radius 2 is 1.71 bits per heavy atom. The standard InChI is InChI=1S/C22H30N2O4/c1-22(2)15-23(20(25)16-3-4-16)11-12-24(22)21(26)17-5-7-18(8-6-17)28-19-9-13-27-14-10-19/h5-8,16,19H,3-4,9-15H2,1-2H3. The van der Waals surface area contributed by atoms with E-state index in [9.17, 15) is 9.59 Å². The number of ether oxygens (including phenoxy) is 2. The Bertz CT molecular complexity index is 721. The van der Waals surface area contributed by atoms with Crippen molar-refractivity contribution >= 4 is 11.8 Å². The molecule has 3 fully saturated rings. The van der Waals surface area contributed by atoms with E-state index in [0.29, 0.717) is 25.2 Å². The van der Waals surface area contributed by atoms with E-state index in [1.165, 1.54) is 0 Å². The molecule has 0 aromatic heterocycles. The Kier molecular flexibility index (Phi) is 5.32. The van der Waals surface area contributed by atoms with Gasteiger partial charge in [-0.3, -0.25) is 9.59 Å². The number of hydrogen-bond donors (Lipinski definition) is 0. The first-order valence-electron chi connectivity index (χ1n) is 10.4. The van der Waals surface area contributed by atoms with Gasteiger partial charge in [-0.25, -0.2) is 0 Å². The summed E-state index contributed by atoms with van der Waals surface area (Å²) >= 11 is 0. The van der Waals surface area contributed by atoms with Gasteiger partial charge in [0.2, 0.25) is 5.91 Å². The SMILES string of the molecule is CC1(C)CN(C(=O)C2CC2)CCN1C(=O)c1ccc(OC2CCOCC2)cc1. The molecule has 6 nitrogen and oxygen atoms in total. The number of hydrogen-bond acceptors (Lipinski definition) is 4. The van der Waals surface area contributed by atoms with Gasteiger partial charge in [-0.05, 0) is 51.0 Å². The van der Waals surface area contributed by atoms with E-state index in [4.69, 9.17) is 9.47 Å². The normalized spacial score (nSPS) is 22.8. The van der Waals surface area contributed by atoms with E-state index in [0.717, 1.165) is 44.6 Å². The predicted octanol–water partition coefficient (Wildman–Crippen LogP) is 2.72. The second-order valence-electron chi connectivity index (χ2n) is 8.76. The van der Waals surface area contributed by atoms with Crippen LogP contribution in [0.2, 0.25) is 0 Å². The van der Waals surface area contributed by atoms with E-state index in [1.54, 1.807) is 0 Å². The molecule has 3 aliphatic rings. The van der Waals surface area contributed by atoms with E-state index >= 15 is 0 Å². The van der Waals surface area contributed by atoms with Gasteiger partial charge in [0.1, 0.15) is 11.9 Å². The van der Waals surface area contributed by atoms with Crippen molar-refractivity contribution in [1.82, 2.24) is 9.80 Å². The van der Waals surface area contributed by atoms with Crippen LogP contribution in [0.1, 0.15) is 49.9 Å². The monoisotopic (exact) mass is 386 g/mol. The largest absolute Gasteiger partial charge is 0.490 e. The number of nitrogens with zero attached hydrogens (tertiary/aromatic N) is 2. The van der Waals surface area contributed by atoms with Gasteiger partial charge in [0.25, 0.3) is 5.91 Å². The van der Waals surface area contributed by atoms with Crippen LogP contribution in [0, 0.1) is 5.92 Å². The Balaban J connectivity index is 1.38. The lowest BCUT2D eigenvalue weighted by atomic mass is 9.97. The molecule has 0 radical (unpaired) electrons. The van der Waals surface area contributed by atoms with Gasteiger partial charge in [-0.1, -0.05) is 0 Å². The minimum Gasteiger partial charge on any atom is -0.490 e. The highest BCUT2D eigenvalue weighted by atomic mass is 16.5. The van der Waals surface area contributed by atoms with Crippen molar-refractivity contribution < 1.29 is 19.1 Å². The maximum atomic E-state index is 13.1. The van der Waals surface area contributed by atoms with Gasteiger partial charge in [-0.15, -0.1) is 0 Å². The molecule has 152 valence electrons. The topological polar surface area (TPSA) is 59.1 Å². The van der Waals surface area contributed by atoms with Crippen molar-refractivity contribution in [2.45, 2.75) is 51.2 Å². The zero-order chi connectivity index (χ0) is 19.7. The molecule has 4 rings (SSSR count). The Labute approximate surface area is 166 Å². The second-order valence-corrected chi connectivity index (χ2v) is 8.76. The summed E-state index contributed by atoms with van der Waals surface area (Å²) in [5, 5.41) is 0. The van der Waals surface area contributed by atoms with Crippen molar-refractivity contribution in [2.24, 2.45) is 5.92 Å². The van der Waals surface area contributed by atoms with Gasteiger partial charge in [0, 0.05) is 44.0 Å². The van der Waals surface area contributed by atoms with E-state index in [2.05, 4.69) is 0 Å². The number of amides is 2. The van der Waals surface area contributed by atoms with Crippen LogP contribution in [0.5, 0.6) is 5.75 Å². The zero-order valence-corrected chi connectivity index (χ0v) is 16.9. The fraction of sp³-hybridized carbons (Fsp3) is 0.636. The molecule has 28 heavy (non-hydrogen) atoms. The van der Waals surface area contributed by atoms with Crippen LogP contribution in [-0.2, 0) is 9.53 Å². The lowest BCUT2D eigenvalue weighted by Crippen LogP contribution is -2.62. The Morgan fingerprint density at radius 1 is 1.04 bits per heavy atom. The van der Waals surface area contributed by atoms with Gasteiger partial charge < -0.3 is 19.3 Å². The first kappa shape index (κ1) is 19.2. The van der Waals surface area contributed by atoms with Gasteiger partial charge >= 0.3 is 0 Å². The van der Waals surface area contributed by atoms with Crippen LogP contribution < -0.4 is 4.74 Å². The molecule has 2 aliphatic heterocycles. The number of benzene rings is 1. The molecule has 1 aromatic rings. The van der Waals surface area contributed by atoms with Gasteiger partial charge in [0.15, 0.2) is 0 Å². The smallest absolute Gasteiger partial charge is 0.254 e. The summed E-state index contributed by atoms with van der Waals surface area (Å²) in [5.41, 5.74) is 0.284.